The number of benzene rings is 2. The molecule has 104 valence electrons. The van der Waals surface area contributed by atoms with E-state index >= 15 is 0 Å². The molecule has 3 heteroatoms. The highest BCUT2D eigenvalue weighted by atomic mass is 16.3. The first kappa shape index (κ1) is 14.1. The summed E-state index contributed by atoms with van der Waals surface area (Å²) >= 11 is 0. The fraction of sp³-hybridized carbons (Fsp3) is 0.235. The molecule has 0 unspecified atom stereocenters. The Hall–Kier alpha value is -2.29. The van der Waals surface area contributed by atoms with E-state index in [0.29, 0.717) is 5.56 Å². The summed E-state index contributed by atoms with van der Waals surface area (Å²) < 4.78 is 0. The number of hydrogen-bond donors (Lipinski definition) is 2. The Kier molecular flexibility index (Phi) is 4.41. The van der Waals surface area contributed by atoms with Crippen LogP contribution in [-0.2, 0) is 6.42 Å². The van der Waals surface area contributed by atoms with Crippen molar-refractivity contribution in [1.29, 1.82) is 0 Å². The summed E-state index contributed by atoms with van der Waals surface area (Å²) in [6.07, 6.45) is 2.13. The van der Waals surface area contributed by atoms with E-state index < -0.39 is 0 Å². The van der Waals surface area contributed by atoms with Gasteiger partial charge in [0.25, 0.3) is 5.91 Å². The minimum atomic E-state index is -0.297. The number of hydrogen-bond acceptors (Lipinski definition) is 2. The van der Waals surface area contributed by atoms with Gasteiger partial charge in [0.05, 0.1) is 5.56 Å². The normalized spacial score (nSPS) is 10.3. The van der Waals surface area contributed by atoms with Crippen molar-refractivity contribution in [3.05, 3.63) is 59.2 Å². The average Bonchev–Trinajstić information content (AvgIpc) is 2.44. The monoisotopic (exact) mass is 269 g/mol. The van der Waals surface area contributed by atoms with Gasteiger partial charge >= 0.3 is 0 Å². The van der Waals surface area contributed by atoms with E-state index in [2.05, 4.69) is 12.2 Å². The highest BCUT2D eigenvalue weighted by molar-refractivity contribution is 6.06. The van der Waals surface area contributed by atoms with Crippen molar-refractivity contribution < 1.29 is 9.90 Å². The Morgan fingerprint density at radius 1 is 1.15 bits per heavy atom. The van der Waals surface area contributed by atoms with Crippen LogP contribution < -0.4 is 5.32 Å². The molecule has 0 saturated carbocycles. The third-order valence-electron chi connectivity index (χ3n) is 3.15. The van der Waals surface area contributed by atoms with E-state index in [1.54, 1.807) is 12.1 Å². The highest BCUT2D eigenvalue weighted by Gasteiger charge is 2.11. The second-order valence-corrected chi connectivity index (χ2v) is 4.92. The molecule has 2 N–H and O–H groups in total. The molecule has 2 aromatic rings. The molecule has 2 aromatic carbocycles. The molecule has 1 amide bonds. The van der Waals surface area contributed by atoms with Crippen molar-refractivity contribution in [1.82, 2.24) is 0 Å². The van der Waals surface area contributed by atoms with Crippen LogP contribution in [0.15, 0.2) is 42.5 Å². The van der Waals surface area contributed by atoms with Crippen molar-refractivity contribution in [2.75, 3.05) is 5.32 Å². The molecule has 0 aliphatic heterocycles. The van der Waals surface area contributed by atoms with Gasteiger partial charge in [0, 0.05) is 5.69 Å². The number of aromatic hydroxyl groups is 1. The first-order valence-corrected chi connectivity index (χ1v) is 6.80. The maximum Gasteiger partial charge on any atom is 0.259 e. The Bertz CT molecular complexity index is 603. The van der Waals surface area contributed by atoms with Crippen LogP contribution in [0.3, 0.4) is 0 Å². The molecule has 0 radical (unpaired) electrons. The number of aryl methyl sites for hydroxylation is 2. The lowest BCUT2D eigenvalue weighted by Gasteiger charge is -2.08. The van der Waals surface area contributed by atoms with Gasteiger partial charge in [-0.2, -0.15) is 0 Å². The minimum Gasteiger partial charge on any atom is -0.507 e. The summed E-state index contributed by atoms with van der Waals surface area (Å²) in [4.78, 5) is 12.1. The predicted molar refractivity (Wildman–Crippen MR) is 81.2 cm³/mol. The fourth-order valence-corrected chi connectivity index (χ4v) is 2.07. The predicted octanol–water partition coefficient (Wildman–Crippen LogP) is 3.91. The van der Waals surface area contributed by atoms with Crippen molar-refractivity contribution in [2.45, 2.75) is 26.7 Å². The summed E-state index contributed by atoms with van der Waals surface area (Å²) in [6, 6.07) is 12.8. The Morgan fingerprint density at radius 3 is 2.50 bits per heavy atom. The van der Waals surface area contributed by atoms with Crippen LogP contribution >= 0.6 is 0 Å². The van der Waals surface area contributed by atoms with Gasteiger partial charge in [-0.3, -0.25) is 4.79 Å². The fourth-order valence-electron chi connectivity index (χ4n) is 2.07. The molecule has 0 bridgehead atoms. The van der Waals surface area contributed by atoms with E-state index in [1.165, 1.54) is 11.6 Å². The summed E-state index contributed by atoms with van der Waals surface area (Å²) in [6.45, 7) is 4.02. The topological polar surface area (TPSA) is 49.3 Å². The van der Waals surface area contributed by atoms with E-state index in [-0.39, 0.29) is 11.7 Å². The minimum absolute atomic E-state index is 0.00398. The van der Waals surface area contributed by atoms with Crippen LogP contribution in [0.2, 0.25) is 0 Å². The van der Waals surface area contributed by atoms with Crippen LogP contribution in [0.4, 0.5) is 5.69 Å². The van der Waals surface area contributed by atoms with Gasteiger partial charge < -0.3 is 10.4 Å². The SMILES string of the molecule is CCCc1ccc(NC(=O)c2cc(C)ccc2O)cc1. The smallest absolute Gasteiger partial charge is 0.259 e. The first-order chi connectivity index (χ1) is 9.60. The molecule has 3 nitrogen and oxygen atoms in total. The third-order valence-corrected chi connectivity index (χ3v) is 3.15. The van der Waals surface area contributed by atoms with E-state index in [4.69, 9.17) is 0 Å². The number of amides is 1. The maximum absolute atomic E-state index is 12.1. The van der Waals surface area contributed by atoms with Crippen LogP contribution in [-0.4, -0.2) is 11.0 Å². The second-order valence-electron chi connectivity index (χ2n) is 4.92. The molecular formula is C17H19NO2. The summed E-state index contributed by atoms with van der Waals surface area (Å²) in [7, 11) is 0. The van der Waals surface area contributed by atoms with Crippen molar-refractivity contribution in [2.24, 2.45) is 0 Å². The van der Waals surface area contributed by atoms with E-state index in [9.17, 15) is 9.90 Å². The lowest BCUT2D eigenvalue weighted by Crippen LogP contribution is -2.12. The number of phenols is 1. The number of nitrogens with one attached hydrogen (secondary N) is 1. The average molecular weight is 269 g/mol. The van der Waals surface area contributed by atoms with Gasteiger partial charge in [-0.25, -0.2) is 0 Å². The van der Waals surface area contributed by atoms with Crippen molar-refractivity contribution in [3.63, 3.8) is 0 Å². The molecule has 0 aromatic heterocycles. The standard InChI is InChI=1S/C17H19NO2/c1-3-4-13-6-8-14(9-7-13)18-17(20)15-11-12(2)5-10-16(15)19/h5-11,19H,3-4H2,1-2H3,(H,18,20). The van der Waals surface area contributed by atoms with Gasteiger partial charge in [-0.1, -0.05) is 37.1 Å². The molecule has 0 heterocycles. The van der Waals surface area contributed by atoms with Gasteiger partial charge in [0.15, 0.2) is 0 Å². The molecular weight excluding hydrogens is 250 g/mol. The number of carbonyl (C=O) groups excluding carboxylic acids is 1. The number of anilines is 1. The van der Waals surface area contributed by atoms with Crippen LogP contribution in [0.5, 0.6) is 5.75 Å². The second kappa shape index (κ2) is 6.24. The quantitative estimate of drug-likeness (QED) is 0.884. The van der Waals surface area contributed by atoms with Crippen molar-refractivity contribution in [3.8, 4) is 5.75 Å². The Labute approximate surface area is 119 Å². The van der Waals surface area contributed by atoms with Gasteiger partial charge in [0.2, 0.25) is 0 Å². The first-order valence-electron chi connectivity index (χ1n) is 6.80. The lowest BCUT2D eigenvalue weighted by molar-refractivity contribution is 0.102. The van der Waals surface area contributed by atoms with Crippen LogP contribution in [0.25, 0.3) is 0 Å². The molecule has 2 rings (SSSR count). The maximum atomic E-state index is 12.1. The van der Waals surface area contributed by atoms with Crippen LogP contribution in [0, 0.1) is 6.92 Å². The Balaban J connectivity index is 2.13. The molecule has 0 spiro atoms. The molecule has 0 saturated heterocycles. The summed E-state index contributed by atoms with van der Waals surface area (Å²) in [5, 5.41) is 12.5. The highest BCUT2D eigenvalue weighted by Crippen LogP contribution is 2.20. The van der Waals surface area contributed by atoms with Gasteiger partial charge in [-0.15, -0.1) is 0 Å². The summed E-state index contributed by atoms with van der Waals surface area (Å²) in [5.41, 5.74) is 3.22. The molecule has 0 atom stereocenters. The zero-order chi connectivity index (χ0) is 14.5. The number of carbonyl (C=O) groups is 1. The van der Waals surface area contributed by atoms with Crippen LogP contribution in [0.1, 0.15) is 34.8 Å². The summed E-state index contributed by atoms with van der Waals surface area (Å²) in [5.74, 6) is -0.301. The number of phenolic OH excluding ortho intramolecular Hbond substituents is 1. The molecule has 0 aliphatic carbocycles. The molecule has 0 aliphatic rings. The zero-order valence-electron chi connectivity index (χ0n) is 11.8. The van der Waals surface area contributed by atoms with Crippen molar-refractivity contribution >= 4 is 11.6 Å². The number of rotatable bonds is 4. The van der Waals surface area contributed by atoms with E-state index in [0.717, 1.165) is 24.1 Å². The zero-order valence-corrected chi connectivity index (χ0v) is 11.8. The third kappa shape index (κ3) is 3.38. The Morgan fingerprint density at radius 2 is 1.85 bits per heavy atom. The van der Waals surface area contributed by atoms with Gasteiger partial charge in [-0.05, 0) is 43.2 Å². The molecule has 0 fully saturated rings. The lowest BCUT2D eigenvalue weighted by atomic mass is 10.1. The van der Waals surface area contributed by atoms with E-state index in [1.807, 2.05) is 31.2 Å². The van der Waals surface area contributed by atoms with Gasteiger partial charge in [0.1, 0.15) is 5.75 Å². The largest absolute Gasteiger partial charge is 0.507 e. The molecule has 20 heavy (non-hydrogen) atoms.